The van der Waals surface area contributed by atoms with E-state index in [1.165, 1.54) is 19.3 Å². The number of fused-ring (bicyclic) bond motifs is 1. The highest BCUT2D eigenvalue weighted by molar-refractivity contribution is 6.16. The van der Waals surface area contributed by atoms with Gasteiger partial charge in [-0.2, -0.15) is 0 Å². The molecule has 1 aromatic carbocycles. The Kier molecular flexibility index (Phi) is 3.40. The first-order chi connectivity index (χ1) is 9.28. The average Bonchev–Trinajstić information content (AvgIpc) is 3.09. The van der Waals surface area contributed by atoms with Crippen molar-refractivity contribution in [1.82, 2.24) is 9.55 Å². The number of ether oxygens (including phenoxy) is 1. The van der Waals surface area contributed by atoms with E-state index in [4.69, 9.17) is 16.3 Å². The number of hydrogen-bond donors (Lipinski definition) is 0. The van der Waals surface area contributed by atoms with Crippen molar-refractivity contribution in [3.8, 4) is 5.75 Å². The summed E-state index contributed by atoms with van der Waals surface area (Å²) in [6.45, 7) is 2.24. The highest BCUT2D eigenvalue weighted by Crippen LogP contribution is 2.48. The molecule has 4 heteroatoms. The molecular weight excluding hydrogens is 260 g/mol. The molecule has 1 aliphatic carbocycles. The molecule has 102 valence electrons. The van der Waals surface area contributed by atoms with Crippen LogP contribution in [0.1, 0.15) is 38.1 Å². The number of rotatable bonds is 5. The number of alkyl halides is 1. The van der Waals surface area contributed by atoms with Crippen LogP contribution in [0.5, 0.6) is 5.75 Å². The van der Waals surface area contributed by atoms with Gasteiger partial charge in [-0.25, -0.2) is 4.98 Å². The summed E-state index contributed by atoms with van der Waals surface area (Å²) in [7, 11) is 1.70. The topological polar surface area (TPSA) is 27.1 Å². The minimum Gasteiger partial charge on any atom is -0.497 e. The number of hydrogen-bond acceptors (Lipinski definition) is 2. The number of halogens is 1. The first kappa shape index (κ1) is 12.8. The van der Waals surface area contributed by atoms with E-state index < -0.39 is 0 Å². The van der Waals surface area contributed by atoms with Crippen molar-refractivity contribution >= 4 is 22.6 Å². The quantitative estimate of drug-likeness (QED) is 0.769. The van der Waals surface area contributed by atoms with Crippen molar-refractivity contribution in [3.05, 3.63) is 24.0 Å². The lowest BCUT2D eigenvalue weighted by molar-refractivity contribution is 0.415. The molecule has 1 heterocycles. The molecule has 0 radical (unpaired) electrons. The van der Waals surface area contributed by atoms with E-state index >= 15 is 0 Å². The predicted octanol–water partition coefficient (Wildman–Crippen LogP) is 4.14. The van der Waals surface area contributed by atoms with Crippen LogP contribution in [-0.4, -0.2) is 16.7 Å². The third-order valence-electron chi connectivity index (χ3n) is 3.97. The zero-order chi connectivity index (χ0) is 13.4. The van der Waals surface area contributed by atoms with Gasteiger partial charge >= 0.3 is 0 Å². The van der Waals surface area contributed by atoms with Crippen LogP contribution in [0.25, 0.3) is 11.0 Å². The van der Waals surface area contributed by atoms with Gasteiger partial charge in [0.1, 0.15) is 11.6 Å². The minimum absolute atomic E-state index is 0.465. The monoisotopic (exact) mass is 278 g/mol. The third-order valence-corrected chi connectivity index (χ3v) is 4.20. The lowest BCUT2D eigenvalue weighted by Crippen LogP contribution is -2.01. The van der Waals surface area contributed by atoms with Gasteiger partial charge < -0.3 is 9.30 Å². The molecule has 0 saturated heterocycles. The molecular formula is C15H19ClN2O. The van der Waals surface area contributed by atoms with Crippen LogP contribution < -0.4 is 4.74 Å². The molecule has 3 rings (SSSR count). The van der Waals surface area contributed by atoms with Crippen LogP contribution in [0.3, 0.4) is 0 Å². The van der Waals surface area contributed by atoms with Crippen molar-refractivity contribution in [3.63, 3.8) is 0 Å². The summed E-state index contributed by atoms with van der Waals surface area (Å²) in [5, 5.41) is 0. The molecule has 1 aromatic heterocycles. The van der Waals surface area contributed by atoms with Gasteiger partial charge in [-0.15, -0.1) is 11.6 Å². The maximum atomic E-state index is 6.06. The minimum atomic E-state index is 0.465. The second-order valence-electron chi connectivity index (χ2n) is 5.24. The Bertz CT molecular complexity index is 593. The van der Waals surface area contributed by atoms with Crippen molar-refractivity contribution in [2.75, 3.05) is 7.11 Å². The molecule has 1 fully saturated rings. The molecule has 1 saturated carbocycles. The fourth-order valence-corrected chi connectivity index (χ4v) is 3.13. The third kappa shape index (κ3) is 2.20. The highest BCUT2D eigenvalue weighted by atomic mass is 35.5. The first-order valence-electron chi connectivity index (χ1n) is 6.89. The van der Waals surface area contributed by atoms with E-state index in [1.807, 2.05) is 12.1 Å². The summed E-state index contributed by atoms with van der Waals surface area (Å²) in [6, 6.07) is 6.61. The summed E-state index contributed by atoms with van der Waals surface area (Å²) < 4.78 is 7.65. The molecule has 0 N–H and O–H groups in total. The van der Waals surface area contributed by atoms with E-state index in [0.29, 0.717) is 11.9 Å². The number of benzene rings is 1. The van der Waals surface area contributed by atoms with Gasteiger partial charge in [-0.3, -0.25) is 0 Å². The van der Waals surface area contributed by atoms with Gasteiger partial charge in [0.15, 0.2) is 0 Å². The second-order valence-corrected chi connectivity index (χ2v) is 5.51. The SMILES string of the molecule is CCCC1CC1n1c(CCl)nc2ccc(OC)cc21. The van der Waals surface area contributed by atoms with Crippen LogP contribution >= 0.6 is 11.6 Å². The van der Waals surface area contributed by atoms with Crippen LogP contribution in [-0.2, 0) is 5.88 Å². The number of methoxy groups -OCH3 is 1. The Morgan fingerprint density at radius 2 is 2.32 bits per heavy atom. The Hall–Kier alpha value is -1.22. The van der Waals surface area contributed by atoms with Gasteiger partial charge in [-0.1, -0.05) is 13.3 Å². The van der Waals surface area contributed by atoms with Crippen LogP contribution in [0.2, 0.25) is 0 Å². The van der Waals surface area contributed by atoms with E-state index in [-0.39, 0.29) is 0 Å². The average molecular weight is 279 g/mol. The van der Waals surface area contributed by atoms with Gasteiger partial charge in [-0.05, 0) is 30.9 Å². The van der Waals surface area contributed by atoms with Gasteiger partial charge in [0, 0.05) is 12.1 Å². The zero-order valence-electron chi connectivity index (χ0n) is 11.4. The maximum Gasteiger partial charge on any atom is 0.125 e. The van der Waals surface area contributed by atoms with E-state index in [0.717, 1.165) is 28.5 Å². The largest absolute Gasteiger partial charge is 0.497 e. The van der Waals surface area contributed by atoms with E-state index in [2.05, 4.69) is 22.5 Å². The Balaban J connectivity index is 2.05. The Morgan fingerprint density at radius 3 is 3.00 bits per heavy atom. The van der Waals surface area contributed by atoms with Gasteiger partial charge in [0.2, 0.25) is 0 Å². The van der Waals surface area contributed by atoms with Crippen LogP contribution in [0.4, 0.5) is 0 Å². The summed E-state index contributed by atoms with van der Waals surface area (Å²) in [5.74, 6) is 3.11. The molecule has 0 bridgehead atoms. The highest BCUT2D eigenvalue weighted by Gasteiger charge is 2.39. The van der Waals surface area contributed by atoms with Crippen molar-refractivity contribution in [2.45, 2.75) is 38.1 Å². The summed E-state index contributed by atoms with van der Waals surface area (Å²) >= 11 is 6.06. The molecule has 19 heavy (non-hydrogen) atoms. The van der Waals surface area contributed by atoms with Crippen LogP contribution in [0.15, 0.2) is 18.2 Å². The normalized spacial score (nSPS) is 21.8. The Labute approximate surface area is 118 Å². The lowest BCUT2D eigenvalue weighted by atomic mass is 10.2. The van der Waals surface area contributed by atoms with Crippen LogP contribution in [0, 0.1) is 5.92 Å². The molecule has 2 unspecified atom stereocenters. The van der Waals surface area contributed by atoms with Gasteiger partial charge in [0.25, 0.3) is 0 Å². The summed E-state index contributed by atoms with van der Waals surface area (Å²) in [4.78, 5) is 4.64. The Morgan fingerprint density at radius 1 is 1.47 bits per heavy atom. The number of imidazole rings is 1. The molecule has 1 aliphatic rings. The van der Waals surface area contributed by atoms with Crippen molar-refractivity contribution in [1.29, 1.82) is 0 Å². The molecule has 0 spiro atoms. The zero-order valence-corrected chi connectivity index (χ0v) is 12.2. The number of aromatic nitrogens is 2. The molecule has 2 aromatic rings. The van der Waals surface area contributed by atoms with E-state index in [9.17, 15) is 0 Å². The predicted molar refractivity (Wildman–Crippen MR) is 77.9 cm³/mol. The fraction of sp³-hybridized carbons (Fsp3) is 0.533. The molecule has 0 aliphatic heterocycles. The second kappa shape index (κ2) is 5.04. The van der Waals surface area contributed by atoms with Gasteiger partial charge in [0.05, 0.1) is 24.0 Å². The maximum absolute atomic E-state index is 6.06. The standard InChI is InChI=1S/C15H19ClN2O/c1-3-4-10-7-13(10)18-14-8-11(19-2)5-6-12(14)17-15(18)9-16/h5-6,8,10,13H,3-4,7,9H2,1-2H3. The van der Waals surface area contributed by atoms with E-state index in [1.54, 1.807) is 7.11 Å². The molecule has 3 nitrogen and oxygen atoms in total. The smallest absolute Gasteiger partial charge is 0.125 e. The fourth-order valence-electron chi connectivity index (χ4n) is 2.94. The first-order valence-corrected chi connectivity index (χ1v) is 7.42. The number of nitrogens with zero attached hydrogens (tertiary/aromatic N) is 2. The summed E-state index contributed by atoms with van der Waals surface area (Å²) in [5.41, 5.74) is 2.16. The molecule has 0 amide bonds. The van der Waals surface area contributed by atoms with Crippen molar-refractivity contribution < 1.29 is 4.74 Å². The molecule has 2 atom stereocenters. The summed E-state index contributed by atoms with van der Waals surface area (Å²) in [6.07, 6.45) is 3.78. The lowest BCUT2D eigenvalue weighted by Gasteiger charge is -2.08. The van der Waals surface area contributed by atoms with Crippen molar-refractivity contribution in [2.24, 2.45) is 5.92 Å².